The highest BCUT2D eigenvalue weighted by Crippen LogP contribution is 2.24. The zero-order valence-electron chi connectivity index (χ0n) is 7.15. The third kappa shape index (κ3) is 2.28. The molecule has 0 unspecified atom stereocenters. The Morgan fingerprint density at radius 2 is 2.08 bits per heavy atom. The van der Waals surface area contributed by atoms with Gasteiger partial charge in [0, 0.05) is 10.6 Å². The van der Waals surface area contributed by atoms with Crippen LogP contribution in [0, 0.1) is 6.92 Å². The summed E-state index contributed by atoms with van der Waals surface area (Å²) in [6.07, 6.45) is -2.53. The number of hydrogen-bond donors (Lipinski definition) is 0. The van der Waals surface area contributed by atoms with Crippen LogP contribution in [0.3, 0.4) is 0 Å². The highest BCUT2D eigenvalue weighted by molar-refractivity contribution is 6.31. The van der Waals surface area contributed by atoms with Gasteiger partial charge in [-0.25, -0.2) is 8.78 Å². The Balaban J connectivity index is 3.04. The van der Waals surface area contributed by atoms with Crippen LogP contribution in [0.4, 0.5) is 8.78 Å². The summed E-state index contributed by atoms with van der Waals surface area (Å²) in [5.41, 5.74) is 1.07. The molecule has 0 spiro atoms. The van der Waals surface area contributed by atoms with Crippen molar-refractivity contribution in [3.63, 3.8) is 0 Å². The maximum absolute atomic E-state index is 12.2. The van der Waals surface area contributed by atoms with Crippen molar-refractivity contribution >= 4 is 17.2 Å². The topological polar surface area (TPSA) is 0 Å². The summed E-state index contributed by atoms with van der Waals surface area (Å²) in [6.45, 7) is 5.10. The van der Waals surface area contributed by atoms with E-state index in [4.69, 9.17) is 11.6 Å². The molecule has 0 aliphatic carbocycles. The van der Waals surface area contributed by atoms with Crippen molar-refractivity contribution < 1.29 is 8.78 Å². The van der Waals surface area contributed by atoms with Crippen molar-refractivity contribution in [1.29, 1.82) is 0 Å². The zero-order chi connectivity index (χ0) is 10.0. The van der Waals surface area contributed by atoms with Crippen molar-refractivity contribution in [3.8, 4) is 0 Å². The lowest BCUT2D eigenvalue weighted by Gasteiger charge is -2.05. The van der Waals surface area contributed by atoms with Gasteiger partial charge in [-0.2, -0.15) is 0 Å². The average Bonchev–Trinajstić information content (AvgIpc) is 2.08. The Bertz CT molecular complexity index is 332. The fourth-order valence-electron chi connectivity index (χ4n) is 0.919. The van der Waals surface area contributed by atoms with Crippen LogP contribution in [0.1, 0.15) is 11.1 Å². The van der Waals surface area contributed by atoms with E-state index in [1.807, 2.05) is 6.92 Å². The largest absolute Gasteiger partial charge is 0.263 e. The molecule has 0 radical (unpaired) electrons. The van der Waals surface area contributed by atoms with Gasteiger partial charge in [0.05, 0.1) is 0 Å². The third-order valence-corrected chi connectivity index (χ3v) is 2.21. The first-order valence-electron chi connectivity index (χ1n) is 3.76. The van der Waals surface area contributed by atoms with E-state index in [9.17, 15) is 8.78 Å². The molecule has 0 saturated heterocycles. The summed E-state index contributed by atoms with van der Waals surface area (Å²) in [5.74, 6) is 0. The van der Waals surface area contributed by atoms with Gasteiger partial charge in [-0.1, -0.05) is 30.3 Å². The van der Waals surface area contributed by atoms with Crippen LogP contribution in [0.2, 0.25) is 5.02 Å². The molecule has 1 rings (SSSR count). The van der Waals surface area contributed by atoms with Crippen molar-refractivity contribution in [1.82, 2.24) is 0 Å². The molecular formula is C10H9ClF2. The summed E-state index contributed by atoms with van der Waals surface area (Å²) < 4.78 is 24.4. The van der Waals surface area contributed by atoms with Crippen molar-refractivity contribution in [2.45, 2.75) is 13.3 Å². The van der Waals surface area contributed by atoms with E-state index in [0.29, 0.717) is 10.6 Å². The minimum atomic E-state index is -2.53. The SMILES string of the molecule is C=C(c1ccc(C)c(Cl)c1)C(F)F. The first-order valence-corrected chi connectivity index (χ1v) is 4.13. The summed E-state index contributed by atoms with van der Waals surface area (Å²) in [4.78, 5) is 0. The Morgan fingerprint density at radius 1 is 1.46 bits per heavy atom. The van der Waals surface area contributed by atoms with Crippen LogP contribution < -0.4 is 0 Å². The van der Waals surface area contributed by atoms with Crippen LogP contribution in [0.15, 0.2) is 24.8 Å². The predicted octanol–water partition coefficient (Wildman–Crippen LogP) is 3.93. The van der Waals surface area contributed by atoms with Gasteiger partial charge in [-0.3, -0.25) is 0 Å². The lowest BCUT2D eigenvalue weighted by molar-refractivity contribution is 0.215. The van der Waals surface area contributed by atoms with Gasteiger partial charge in [0.2, 0.25) is 0 Å². The molecule has 0 aliphatic rings. The second-order valence-corrected chi connectivity index (χ2v) is 3.20. The van der Waals surface area contributed by atoms with E-state index in [1.54, 1.807) is 12.1 Å². The second-order valence-electron chi connectivity index (χ2n) is 2.79. The van der Waals surface area contributed by atoms with Crippen molar-refractivity contribution in [2.75, 3.05) is 0 Å². The summed E-state index contributed by atoms with van der Waals surface area (Å²) in [5, 5.41) is 0.485. The van der Waals surface area contributed by atoms with E-state index in [1.165, 1.54) is 6.07 Å². The Kier molecular flexibility index (Phi) is 3.04. The number of aryl methyl sites for hydroxylation is 1. The molecule has 0 bridgehead atoms. The highest BCUT2D eigenvalue weighted by atomic mass is 35.5. The van der Waals surface area contributed by atoms with Gasteiger partial charge in [0.25, 0.3) is 6.43 Å². The molecule has 70 valence electrons. The van der Waals surface area contributed by atoms with Gasteiger partial charge < -0.3 is 0 Å². The molecule has 13 heavy (non-hydrogen) atoms. The number of benzene rings is 1. The average molecular weight is 203 g/mol. The maximum atomic E-state index is 12.2. The van der Waals surface area contributed by atoms with Crippen LogP contribution >= 0.6 is 11.6 Å². The summed E-state index contributed by atoms with van der Waals surface area (Å²) in [7, 11) is 0. The normalized spacial score (nSPS) is 10.5. The Hall–Kier alpha value is -0.890. The van der Waals surface area contributed by atoms with Crippen molar-refractivity contribution in [2.24, 2.45) is 0 Å². The molecule has 0 N–H and O–H groups in total. The van der Waals surface area contributed by atoms with Crippen LogP contribution in [0.25, 0.3) is 5.57 Å². The fourth-order valence-corrected chi connectivity index (χ4v) is 1.10. The number of rotatable bonds is 2. The van der Waals surface area contributed by atoms with Crippen LogP contribution in [0.5, 0.6) is 0 Å². The molecule has 0 atom stereocenters. The van der Waals surface area contributed by atoms with E-state index in [0.717, 1.165) is 5.56 Å². The quantitative estimate of drug-likeness (QED) is 0.682. The third-order valence-electron chi connectivity index (χ3n) is 1.81. The zero-order valence-corrected chi connectivity index (χ0v) is 7.91. The number of hydrogen-bond acceptors (Lipinski definition) is 0. The first-order chi connectivity index (χ1) is 6.02. The van der Waals surface area contributed by atoms with Crippen LogP contribution in [-0.4, -0.2) is 6.43 Å². The van der Waals surface area contributed by atoms with Gasteiger partial charge >= 0.3 is 0 Å². The molecular weight excluding hydrogens is 194 g/mol. The van der Waals surface area contributed by atoms with Gasteiger partial charge in [0.15, 0.2) is 0 Å². The fraction of sp³-hybridized carbons (Fsp3) is 0.200. The molecule has 1 aromatic rings. The lowest BCUT2D eigenvalue weighted by atomic mass is 10.1. The monoisotopic (exact) mass is 202 g/mol. The summed E-state index contributed by atoms with van der Waals surface area (Å²) in [6, 6.07) is 4.80. The smallest absolute Gasteiger partial charge is 0.205 e. The van der Waals surface area contributed by atoms with Gasteiger partial charge in [-0.05, 0) is 24.1 Å². The standard InChI is InChI=1S/C10H9ClF2/c1-6-3-4-8(5-9(6)11)7(2)10(12)13/h3-5,10H,2H2,1H3. The molecule has 0 fully saturated rings. The van der Waals surface area contributed by atoms with Crippen LogP contribution in [-0.2, 0) is 0 Å². The molecule has 0 heterocycles. The molecule has 0 aliphatic heterocycles. The molecule has 3 heteroatoms. The van der Waals surface area contributed by atoms with E-state index in [-0.39, 0.29) is 5.57 Å². The molecule has 1 aromatic carbocycles. The number of allylic oxidation sites excluding steroid dienone is 1. The molecule has 0 aromatic heterocycles. The first kappa shape index (κ1) is 10.2. The minimum Gasteiger partial charge on any atom is -0.205 e. The highest BCUT2D eigenvalue weighted by Gasteiger charge is 2.11. The number of alkyl halides is 2. The molecule has 0 saturated carbocycles. The van der Waals surface area contributed by atoms with Crippen molar-refractivity contribution in [3.05, 3.63) is 40.9 Å². The second kappa shape index (κ2) is 3.88. The summed E-state index contributed by atoms with van der Waals surface area (Å²) >= 11 is 5.78. The lowest BCUT2D eigenvalue weighted by Crippen LogP contribution is -1.94. The molecule has 0 nitrogen and oxygen atoms in total. The number of halogens is 3. The minimum absolute atomic E-state index is 0.193. The van der Waals surface area contributed by atoms with E-state index < -0.39 is 6.43 Å². The van der Waals surface area contributed by atoms with Gasteiger partial charge in [0.1, 0.15) is 0 Å². The maximum Gasteiger partial charge on any atom is 0.263 e. The molecule has 0 amide bonds. The van der Waals surface area contributed by atoms with Gasteiger partial charge in [-0.15, -0.1) is 0 Å². The Labute approximate surface area is 80.8 Å². The van der Waals surface area contributed by atoms with E-state index in [2.05, 4.69) is 6.58 Å². The Morgan fingerprint density at radius 3 is 2.54 bits per heavy atom. The van der Waals surface area contributed by atoms with E-state index >= 15 is 0 Å². The predicted molar refractivity (Wildman–Crippen MR) is 51.2 cm³/mol.